The quantitative estimate of drug-likeness (QED) is 0.785. The van der Waals surface area contributed by atoms with Crippen LogP contribution in [-0.4, -0.2) is 20.6 Å². The first-order valence-corrected chi connectivity index (χ1v) is 6.77. The minimum absolute atomic E-state index is 0.228. The molecule has 1 N–H and O–H groups in total. The van der Waals surface area contributed by atoms with Crippen LogP contribution in [0, 0.1) is 0 Å². The van der Waals surface area contributed by atoms with E-state index in [1.54, 1.807) is 22.3 Å². The zero-order chi connectivity index (χ0) is 12.7. The van der Waals surface area contributed by atoms with E-state index < -0.39 is 5.97 Å². The summed E-state index contributed by atoms with van der Waals surface area (Å²) in [7, 11) is 0. The molecule has 0 atom stereocenters. The summed E-state index contributed by atoms with van der Waals surface area (Å²) in [6.45, 7) is 0. The molecule has 0 radical (unpaired) electrons. The highest BCUT2D eigenvalue weighted by Gasteiger charge is 2.13. The van der Waals surface area contributed by atoms with Gasteiger partial charge in [0.25, 0.3) is 0 Å². The Morgan fingerprint density at radius 3 is 3.00 bits per heavy atom. The molecular weight excluding hydrogens is 316 g/mol. The van der Waals surface area contributed by atoms with Gasteiger partial charge in [-0.2, -0.15) is 0 Å². The van der Waals surface area contributed by atoms with E-state index in [9.17, 15) is 4.79 Å². The number of thiazole rings is 1. The molecule has 0 bridgehead atoms. The summed E-state index contributed by atoms with van der Waals surface area (Å²) < 4.78 is 3.42. The van der Waals surface area contributed by atoms with Crippen molar-refractivity contribution in [1.82, 2.24) is 9.55 Å². The number of hydrogen-bond acceptors (Lipinski definition) is 3. The summed E-state index contributed by atoms with van der Waals surface area (Å²) in [6, 6.07) is 7.27. The number of fused-ring (bicyclic) bond motifs is 1. The van der Waals surface area contributed by atoms with Crippen LogP contribution in [0.3, 0.4) is 0 Å². The van der Waals surface area contributed by atoms with Crippen LogP contribution in [0.4, 0.5) is 0 Å². The normalized spacial score (nSPS) is 10.9. The van der Waals surface area contributed by atoms with Crippen molar-refractivity contribution in [2.24, 2.45) is 0 Å². The topological polar surface area (TPSA) is 55.1 Å². The van der Waals surface area contributed by atoms with E-state index in [4.69, 9.17) is 5.11 Å². The maximum absolute atomic E-state index is 11.2. The second kappa shape index (κ2) is 4.22. The molecule has 0 aliphatic rings. The van der Waals surface area contributed by atoms with E-state index in [0.717, 1.165) is 20.4 Å². The van der Waals surface area contributed by atoms with E-state index in [1.807, 2.05) is 18.2 Å². The third-order valence-corrected chi connectivity index (χ3v) is 3.82. The number of halogens is 1. The number of carboxylic acid groups (broad SMARTS) is 1. The molecule has 2 aromatic heterocycles. The van der Waals surface area contributed by atoms with E-state index in [1.165, 1.54) is 11.3 Å². The van der Waals surface area contributed by atoms with Crippen molar-refractivity contribution in [1.29, 1.82) is 0 Å². The van der Waals surface area contributed by atoms with Gasteiger partial charge in [0.1, 0.15) is 5.69 Å². The van der Waals surface area contributed by atoms with Gasteiger partial charge in [0, 0.05) is 16.4 Å². The number of hydrogen-bond donors (Lipinski definition) is 1. The van der Waals surface area contributed by atoms with Crippen LogP contribution in [0.5, 0.6) is 0 Å². The monoisotopic (exact) mass is 322 g/mol. The van der Waals surface area contributed by atoms with Gasteiger partial charge in [-0.05, 0) is 40.2 Å². The van der Waals surface area contributed by atoms with Gasteiger partial charge in [-0.3, -0.25) is 0 Å². The summed E-state index contributed by atoms with van der Waals surface area (Å²) in [5.74, 6) is -0.954. The Morgan fingerprint density at radius 1 is 1.39 bits per heavy atom. The highest BCUT2D eigenvalue weighted by molar-refractivity contribution is 9.10. The summed E-state index contributed by atoms with van der Waals surface area (Å²) in [5, 5.41) is 9.16. The maximum Gasteiger partial charge on any atom is 0.352 e. The lowest BCUT2D eigenvalue weighted by Gasteiger charge is -2.05. The van der Waals surface area contributed by atoms with E-state index in [2.05, 4.69) is 20.9 Å². The van der Waals surface area contributed by atoms with Crippen LogP contribution in [0.1, 0.15) is 10.5 Å². The lowest BCUT2D eigenvalue weighted by Crippen LogP contribution is -2.05. The Kier molecular flexibility index (Phi) is 2.68. The van der Waals surface area contributed by atoms with Gasteiger partial charge in [0.05, 0.1) is 15.7 Å². The van der Waals surface area contributed by atoms with E-state index >= 15 is 0 Å². The maximum atomic E-state index is 11.2. The minimum atomic E-state index is -0.954. The highest BCUT2D eigenvalue weighted by atomic mass is 79.9. The molecule has 0 unspecified atom stereocenters. The van der Waals surface area contributed by atoms with Gasteiger partial charge in [0.2, 0.25) is 0 Å². The number of aromatic nitrogens is 2. The number of nitrogens with zero attached hydrogens (tertiary/aromatic N) is 2. The minimum Gasteiger partial charge on any atom is -0.477 e. The summed E-state index contributed by atoms with van der Waals surface area (Å²) >= 11 is 4.83. The van der Waals surface area contributed by atoms with Gasteiger partial charge in [-0.1, -0.05) is 0 Å². The molecule has 18 heavy (non-hydrogen) atoms. The standard InChI is InChI=1S/C12H7BrN2O2S/c13-7-3-10(12(16)17)15(5-7)8-1-2-9-11(4-8)18-6-14-9/h1-6H,(H,16,17). The Labute approximate surface area is 115 Å². The third-order valence-electron chi connectivity index (χ3n) is 2.60. The van der Waals surface area contributed by atoms with Gasteiger partial charge in [-0.15, -0.1) is 11.3 Å². The third kappa shape index (κ3) is 1.83. The number of carboxylic acids is 1. The van der Waals surface area contributed by atoms with Gasteiger partial charge < -0.3 is 9.67 Å². The first-order chi connectivity index (χ1) is 8.65. The molecule has 1 aromatic carbocycles. The largest absolute Gasteiger partial charge is 0.477 e. The molecule has 2 heterocycles. The second-order valence-electron chi connectivity index (χ2n) is 3.72. The Morgan fingerprint density at radius 2 is 2.22 bits per heavy atom. The number of aromatic carboxylic acids is 1. The first-order valence-electron chi connectivity index (χ1n) is 5.10. The summed E-state index contributed by atoms with van der Waals surface area (Å²) in [6.07, 6.45) is 1.74. The molecule has 3 rings (SSSR count). The molecule has 0 spiro atoms. The summed E-state index contributed by atoms with van der Waals surface area (Å²) in [4.78, 5) is 15.4. The smallest absolute Gasteiger partial charge is 0.352 e. The SMILES string of the molecule is O=C(O)c1cc(Br)cn1-c1ccc2ncsc2c1. The lowest BCUT2D eigenvalue weighted by atomic mass is 10.3. The molecule has 0 aliphatic carbocycles. The zero-order valence-corrected chi connectivity index (χ0v) is 11.4. The molecule has 0 fully saturated rings. The molecule has 0 aliphatic heterocycles. The fourth-order valence-corrected chi connectivity index (χ4v) is 2.93. The summed E-state index contributed by atoms with van der Waals surface area (Å²) in [5.41, 5.74) is 3.74. The average molecular weight is 323 g/mol. The lowest BCUT2D eigenvalue weighted by molar-refractivity contribution is 0.0688. The zero-order valence-electron chi connectivity index (χ0n) is 9.00. The number of carbonyl (C=O) groups is 1. The molecule has 0 saturated heterocycles. The van der Waals surface area contributed by atoms with Crippen molar-refractivity contribution in [3.8, 4) is 5.69 Å². The van der Waals surface area contributed by atoms with Crippen molar-refractivity contribution >= 4 is 43.5 Å². The van der Waals surface area contributed by atoms with Crippen LogP contribution >= 0.6 is 27.3 Å². The Hall–Kier alpha value is -1.66. The number of benzene rings is 1. The fraction of sp³-hybridized carbons (Fsp3) is 0. The molecule has 0 saturated carbocycles. The highest BCUT2D eigenvalue weighted by Crippen LogP contribution is 2.24. The van der Waals surface area contributed by atoms with Crippen LogP contribution in [0.25, 0.3) is 15.9 Å². The Balaban J connectivity index is 2.21. The van der Waals surface area contributed by atoms with Crippen LogP contribution < -0.4 is 0 Å². The second-order valence-corrected chi connectivity index (χ2v) is 5.53. The molecule has 6 heteroatoms. The predicted octanol–water partition coefficient (Wildman–Crippen LogP) is 3.55. The van der Waals surface area contributed by atoms with Crippen molar-refractivity contribution in [3.63, 3.8) is 0 Å². The van der Waals surface area contributed by atoms with Crippen molar-refractivity contribution in [2.75, 3.05) is 0 Å². The predicted molar refractivity (Wildman–Crippen MR) is 73.6 cm³/mol. The van der Waals surface area contributed by atoms with Crippen LogP contribution in [-0.2, 0) is 0 Å². The molecule has 4 nitrogen and oxygen atoms in total. The van der Waals surface area contributed by atoms with Crippen LogP contribution in [0.2, 0.25) is 0 Å². The van der Waals surface area contributed by atoms with E-state index in [0.29, 0.717) is 0 Å². The molecule has 3 aromatic rings. The van der Waals surface area contributed by atoms with Gasteiger partial charge >= 0.3 is 5.97 Å². The van der Waals surface area contributed by atoms with Gasteiger partial charge in [-0.25, -0.2) is 9.78 Å². The average Bonchev–Trinajstić information content (AvgIpc) is 2.93. The fourth-order valence-electron chi connectivity index (χ4n) is 1.80. The van der Waals surface area contributed by atoms with Crippen molar-refractivity contribution in [3.05, 3.63) is 46.1 Å². The van der Waals surface area contributed by atoms with Gasteiger partial charge in [0.15, 0.2) is 0 Å². The first kappa shape index (κ1) is 11.4. The van der Waals surface area contributed by atoms with Crippen molar-refractivity contribution in [2.45, 2.75) is 0 Å². The molecule has 0 amide bonds. The number of rotatable bonds is 2. The Bertz CT molecular complexity index is 747. The molecule has 90 valence electrons. The molecular formula is C12H7BrN2O2S. The van der Waals surface area contributed by atoms with E-state index in [-0.39, 0.29) is 5.69 Å². The van der Waals surface area contributed by atoms with Crippen molar-refractivity contribution < 1.29 is 9.90 Å². The van der Waals surface area contributed by atoms with Crippen LogP contribution in [0.15, 0.2) is 40.4 Å².